The molecule has 0 aliphatic carbocycles. The molecule has 4 heteroatoms. The van der Waals surface area contributed by atoms with Crippen LogP contribution < -0.4 is 9.47 Å². The standard InChI is InChI=1S/C11H11BrO3/c1-14-10-7(2-4-13)6-9(12)8-3-5-15-11(8)10/h4,6H,2-3,5H2,1H3. The van der Waals surface area contributed by atoms with Crippen LogP contribution >= 0.6 is 15.9 Å². The Bertz CT molecular complexity index is 401. The van der Waals surface area contributed by atoms with Crippen molar-refractivity contribution in [3.8, 4) is 11.5 Å². The van der Waals surface area contributed by atoms with E-state index in [2.05, 4.69) is 15.9 Å². The van der Waals surface area contributed by atoms with E-state index in [0.29, 0.717) is 18.8 Å². The lowest BCUT2D eigenvalue weighted by Gasteiger charge is -2.12. The summed E-state index contributed by atoms with van der Waals surface area (Å²) < 4.78 is 11.8. The number of carbonyl (C=O) groups excluding carboxylic acids is 1. The fourth-order valence-corrected chi connectivity index (χ4v) is 2.46. The fourth-order valence-electron chi connectivity index (χ4n) is 1.80. The summed E-state index contributed by atoms with van der Waals surface area (Å²) in [6.45, 7) is 0.675. The number of methoxy groups -OCH3 is 1. The Balaban J connectivity index is 2.57. The van der Waals surface area contributed by atoms with Crippen LogP contribution in [0.5, 0.6) is 11.5 Å². The molecule has 0 bridgehead atoms. The van der Waals surface area contributed by atoms with E-state index >= 15 is 0 Å². The largest absolute Gasteiger partial charge is 0.493 e. The molecule has 1 aliphatic rings. The van der Waals surface area contributed by atoms with Crippen molar-refractivity contribution in [1.82, 2.24) is 0 Å². The number of carbonyl (C=O) groups is 1. The molecule has 0 saturated carbocycles. The van der Waals surface area contributed by atoms with Gasteiger partial charge < -0.3 is 14.3 Å². The van der Waals surface area contributed by atoms with Crippen LogP contribution in [-0.4, -0.2) is 20.0 Å². The van der Waals surface area contributed by atoms with Crippen LogP contribution in [0.4, 0.5) is 0 Å². The zero-order valence-electron chi connectivity index (χ0n) is 8.38. The van der Waals surface area contributed by atoms with Gasteiger partial charge in [0.05, 0.1) is 13.7 Å². The summed E-state index contributed by atoms with van der Waals surface area (Å²) in [5.74, 6) is 1.47. The van der Waals surface area contributed by atoms with Gasteiger partial charge in [-0.2, -0.15) is 0 Å². The Morgan fingerprint density at radius 2 is 2.47 bits per heavy atom. The highest BCUT2D eigenvalue weighted by Crippen LogP contribution is 2.42. The number of fused-ring (bicyclic) bond motifs is 1. The summed E-state index contributed by atoms with van der Waals surface area (Å²) in [6, 6.07) is 1.93. The van der Waals surface area contributed by atoms with Crippen molar-refractivity contribution in [2.45, 2.75) is 12.8 Å². The second kappa shape index (κ2) is 4.23. The lowest BCUT2D eigenvalue weighted by molar-refractivity contribution is -0.107. The van der Waals surface area contributed by atoms with Crippen LogP contribution in [0.1, 0.15) is 11.1 Å². The predicted octanol–water partition coefficient (Wildman–Crippen LogP) is 2.13. The van der Waals surface area contributed by atoms with Gasteiger partial charge in [0.15, 0.2) is 11.5 Å². The molecule has 0 fully saturated rings. The van der Waals surface area contributed by atoms with Gasteiger partial charge in [0.1, 0.15) is 6.29 Å². The molecule has 15 heavy (non-hydrogen) atoms. The summed E-state index contributed by atoms with van der Waals surface area (Å²) in [6.07, 6.45) is 2.09. The number of ether oxygens (including phenoxy) is 2. The third-order valence-corrected chi connectivity index (χ3v) is 3.17. The molecule has 0 saturated heterocycles. The highest BCUT2D eigenvalue weighted by atomic mass is 79.9. The maximum atomic E-state index is 10.5. The van der Waals surface area contributed by atoms with Crippen molar-refractivity contribution in [2.75, 3.05) is 13.7 Å². The minimum atomic E-state index is 0.346. The summed E-state index contributed by atoms with van der Waals surface area (Å²) in [5.41, 5.74) is 1.99. The molecular formula is C11H11BrO3. The van der Waals surface area contributed by atoms with Crippen molar-refractivity contribution < 1.29 is 14.3 Å². The smallest absolute Gasteiger partial charge is 0.165 e. The van der Waals surface area contributed by atoms with Crippen LogP contribution in [0.2, 0.25) is 0 Å². The third-order valence-electron chi connectivity index (χ3n) is 2.47. The van der Waals surface area contributed by atoms with Crippen LogP contribution in [0.15, 0.2) is 10.5 Å². The molecule has 2 rings (SSSR count). The Morgan fingerprint density at radius 3 is 3.13 bits per heavy atom. The van der Waals surface area contributed by atoms with E-state index in [4.69, 9.17) is 9.47 Å². The molecule has 1 aromatic carbocycles. The normalized spacial score (nSPS) is 13.2. The molecule has 0 aromatic heterocycles. The van der Waals surface area contributed by atoms with Crippen LogP contribution in [0, 0.1) is 0 Å². The van der Waals surface area contributed by atoms with E-state index in [9.17, 15) is 4.79 Å². The van der Waals surface area contributed by atoms with Gasteiger partial charge in [0.2, 0.25) is 0 Å². The average Bonchev–Trinajstić information content (AvgIpc) is 2.68. The third kappa shape index (κ3) is 1.74. The molecule has 0 unspecified atom stereocenters. The summed E-state index contributed by atoms with van der Waals surface area (Å²) in [7, 11) is 1.60. The monoisotopic (exact) mass is 270 g/mol. The van der Waals surface area contributed by atoms with E-state index in [0.717, 1.165) is 34.1 Å². The number of hydrogen-bond donors (Lipinski definition) is 0. The molecule has 0 atom stereocenters. The first-order valence-electron chi connectivity index (χ1n) is 4.72. The lowest BCUT2D eigenvalue weighted by Crippen LogP contribution is -1.97. The molecule has 0 spiro atoms. The lowest BCUT2D eigenvalue weighted by atomic mass is 10.1. The number of rotatable bonds is 3. The minimum Gasteiger partial charge on any atom is -0.493 e. The van der Waals surface area contributed by atoms with Gasteiger partial charge in [-0.1, -0.05) is 15.9 Å². The van der Waals surface area contributed by atoms with E-state index in [1.54, 1.807) is 7.11 Å². The van der Waals surface area contributed by atoms with Gasteiger partial charge in [-0.05, 0) is 6.07 Å². The maximum Gasteiger partial charge on any atom is 0.165 e. The van der Waals surface area contributed by atoms with Gasteiger partial charge in [-0.25, -0.2) is 0 Å². The Morgan fingerprint density at radius 1 is 1.67 bits per heavy atom. The Hall–Kier alpha value is -1.03. The van der Waals surface area contributed by atoms with Crippen molar-refractivity contribution in [2.24, 2.45) is 0 Å². The predicted molar refractivity (Wildman–Crippen MR) is 59.7 cm³/mol. The quantitative estimate of drug-likeness (QED) is 0.790. The summed E-state index contributed by atoms with van der Waals surface area (Å²) in [4.78, 5) is 10.5. The Labute approximate surface area is 96.5 Å². The van der Waals surface area contributed by atoms with Crippen molar-refractivity contribution in [3.05, 3.63) is 21.7 Å². The fraction of sp³-hybridized carbons (Fsp3) is 0.364. The average molecular weight is 271 g/mol. The number of benzene rings is 1. The first-order valence-corrected chi connectivity index (χ1v) is 5.52. The highest BCUT2D eigenvalue weighted by molar-refractivity contribution is 9.10. The molecule has 0 radical (unpaired) electrons. The Kier molecular flexibility index (Phi) is 2.95. The van der Waals surface area contributed by atoms with Gasteiger partial charge in [-0.3, -0.25) is 0 Å². The SMILES string of the molecule is COc1c(CC=O)cc(Br)c2c1OCC2. The second-order valence-electron chi connectivity index (χ2n) is 3.33. The zero-order valence-corrected chi connectivity index (χ0v) is 9.96. The number of hydrogen-bond acceptors (Lipinski definition) is 3. The van der Waals surface area contributed by atoms with Gasteiger partial charge in [0, 0.05) is 28.4 Å². The van der Waals surface area contributed by atoms with Crippen LogP contribution in [0.3, 0.4) is 0 Å². The second-order valence-corrected chi connectivity index (χ2v) is 4.18. The van der Waals surface area contributed by atoms with E-state index in [-0.39, 0.29) is 0 Å². The van der Waals surface area contributed by atoms with Crippen molar-refractivity contribution in [3.63, 3.8) is 0 Å². The number of halogens is 1. The first-order chi connectivity index (χ1) is 7.27. The molecule has 1 aromatic rings. The zero-order chi connectivity index (χ0) is 10.8. The van der Waals surface area contributed by atoms with Crippen LogP contribution in [0.25, 0.3) is 0 Å². The topological polar surface area (TPSA) is 35.5 Å². The molecule has 0 N–H and O–H groups in total. The maximum absolute atomic E-state index is 10.5. The van der Waals surface area contributed by atoms with Gasteiger partial charge >= 0.3 is 0 Å². The molecule has 3 nitrogen and oxygen atoms in total. The van der Waals surface area contributed by atoms with Gasteiger partial charge in [0.25, 0.3) is 0 Å². The van der Waals surface area contributed by atoms with Gasteiger partial charge in [-0.15, -0.1) is 0 Å². The molecule has 1 aliphatic heterocycles. The van der Waals surface area contributed by atoms with Crippen molar-refractivity contribution >= 4 is 22.2 Å². The number of aldehydes is 1. The minimum absolute atomic E-state index is 0.346. The molecule has 0 amide bonds. The van der Waals surface area contributed by atoms with Crippen molar-refractivity contribution in [1.29, 1.82) is 0 Å². The van der Waals surface area contributed by atoms with E-state index in [1.165, 1.54) is 0 Å². The highest BCUT2D eigenvalue weighted by Gasteiger charge is 2.23. The summed E-state index contributed by atoms with van der Waals surface area (Å²) >= 11 is 3.48. The van der Waals surface area contributed by atoms with E-state index in [1.807, 2.05) is 6.07 Å². The summed E-state index contributed by atoms with van der Waals surface area (Å²) in [5, 5.41) is 0. The molecular weight excluding hydrogens is 260 g/mol. The van der Waals surface area contributed by atoms with E-state index < -0.39 is 0 Å². The molecule has 1 heterocycles. The van der Waals surface area contributed by atoms with Crippen LogP contribution in [-0.2, 0) is 17.6 Å². The molecule has 80 valence electrons. The first kappa shape index (κ1) is 10.5.